The number of amides is 1. The topological polar surface area (TPSA) is 127 Å². The van der Waals surface area contributed by atoms with Crippen molar-refractivity contribution in [3.05, 3.63) is 24.3 Å². The van der Waals surface area contributed by atoms with Crippen LogP contribution in [0.5, 0.6) is 0 Å². The molecule has 0 aliphatic carbocycles. The molecule has 1 aliphatic heterocycles. The van der Waals surface area contributed by atoms with Gasteiger partial charge in [0.05, 0.1) is 11.4 Å². The van der Waals surface area contributed by atoms with E-state index >= 15 is 0 Å². The van der Waals surface area contributed by atoms with Gasteiger partial charge in [-0.05, 0) is 37.1 Å². The molecule has 8 heteroatoms. The fraction of sp³-hybridized carbons (Fsp3) is 0.417. The summed E-state index contributed by atoms with van der Waals surface area (Å²) in [6, 6.07) is 5.75. The molecule has 1 aromatic carbocycles. The van der Waals surface area contributed by atoms with Gasteiger partial charge in [0.15, 0.2) is 5.60 Å². The van der Waals surface area contributed by atoms with Crippen LogP contribution in [0.3, 0.4) is 0 Å². The van der Waals surface area contributed by atoms with Gasteiger partial charge in [0.25, 0.3) is 5.91 Å². The number of nitrogens with zero attached hydrogens (tertiary/aromatic N) is 1. The minimum Gasteiger partial charge on any atom is -0.399 e. The number of carbonyl (C=O) groups excluding carboxylic acids is 1. The normalized spacial score (nSPS) is 24.4. The van der Waals surface area contributed by atoms with E-state index in [2.05, 4.69) is 0 Å². The van der Waals surface area contributed by atoms with Crippen LogP contribution in [-0.4, -0.2) is 42.4 Å². The molecule has 1 fully saturated rings. The molecule has 0 radical (unpaired) electrons. The number of nitrogen functional groups attached to an aromatic ring is 1. The van der Waals surface area contributed by atoms with Crippen LogP contribution in [-0.2, 0) is 14.8 Å². The number of nitrogens with two attached hydrogens (primary N) is 2. The molecule has 5 N–H and O–H groups in total. The highest BCUT2D eigenvalue weighted by Crippen LogP contribution is 2.26. The van der Waals surface area contributed by atoms with E-state index in [0.717, 1.165) is 4.31 Å². The maximum atomic E-state index is 12.4. The molecule has 1 aliphatic rings. The first kappa shape index (κ1) is 14.8. The molecule has 1 aromatic rings. The third kappa shape index (κ3) is 2.62. The third-order valence-corrected chi connectivity index (χ3v) is 5.27. The van der Waals surface area contributed by atoms with Crippen molar-refractivity contribution in [2.24, 2.45) is 5.73 Å². The highest BCUT2D eigenvalue weighted by molar-refractivity contribution is 7.89. The minimum absolute atomic E-state index is 0.0698. The molecule has 7 nitrogen and oxygen atoms in total. The molecule has 0 saturated carbocycles. The molecule has 20 heavy (non-hydrogen) atoms. The zero-order valence-electron chi connectivity index (χ0n) is 10.8. The van der Waals surface area contributed by atoms with E-state index < -0.39 is 21.5 Å². The molecule has 2 rings (SSSR count). The second-order valence-corrected chi connectivity index (χ2v) is 6.84. The number of hydrogen-bond donors (Lipinski definition) is 3. The average molecular weight is 299 g/mol. The summed E-state index contributed by atoms with van der Waals surface area (Å²) < 4.78 is 25.9. The second-order valence-electron chi connectivity index (χ2n) is 4.91. The number of carbonyl (C=O) groups is 1. The molecule has 1 saturated heterocycles. The predicted molar refractivity (Wildman–Crippen MR) is 73.0 cm³/mol. The van der Waals surface area contributed by atoms with Crippen LogP contribution in [0.4, 0.5) is 5.69 Å². The molecular formula is C12H17N3O4S. The SMILES string of the molecule is NC(=O)[C@@]1(O)CCCN(S(=O)(=O)c2ccc(N)cc2)C1. The molecule has 0 spiro atoms. The first-order valence-corrected chi connectivity index (χ1v) is 7.58. The maximum absolute atomic E-state index is 12.4. The standard InChI is InChI=1S/C12H17N3O4S/c13-9-2-4-10(5-3-9)20(18,19)15-7-1-6-12(17,8-15)11(14)16/h2-5,17H,1,6-8,13H2,(H2,14,16)/t12-/m1/s1. The van der Waals surface area contributed by atoms with Gasteiger partial charge in [-0.25, -0.2) is 8.42 Å². The van der Waals surface area contributed by atoms with E-state index in [1.807, 2.05) is 0 Å². The second kappa shape index (κ2) is 5.04. The van der Waals surface area contributed by atoms with Gasteiger partial charge in [0.2, 0.25) is 10.0 Å². The average Bonchev–Trinajstić information content (AvgIpc) is 2.39. The molecule has 110 valence electrons. The minimum atomic E-state index is -3.77. The lowest BCUT2D eigenvalue weighted by Crippen LogP contribution is -2.56. The van der Waals surface area contributed by atoms with Gasteiger partial charge >= 0.3 is 0 Å². The van der Waals surface area contributed by atoms with Gasteiger partial charge < -0.3 is 16.6 Å². The predicted octanol–water partition coefficient (Wildman–Crippen LogP) is -0.730. The van der Waals surface area contributed by atoms with Crippen molar-refractivity contribution in [2.75, 3.05) is 18.8 Å². The number of piperidine rings is 1. The summed E-state index contributed by atoms with van der Waals surface area (Å²) in [7, 11) is -3.77. The largest absolute Gasteiger partial charge is 0.399 e. The van der Waals surface area contributed by atoms with Crippen molar-refractivity contribution in [3.63, 3.8) is 0 Å². The highest BCUT2D eigenvalue weighted by atomic mass is 32.2. The van der Waals surface area contributed by atoms with Crippen LogP contribution in [0, 0.1) is 0 Å². The van der Waals surface area contributed by atoms with Gasteiger partial charge in [-0.15, -0.1) is 0 Å². The number of β-amino-alcohol motifs (C(OH)–C–C–N with tert-alkyl or cyclic N) is 1. The Morgan fingerprint density at radius 1 is 1.30 bits per heavy atom. The molecule has 0 aromatic heterocycles. The highest BCUT2D eigenvalue weighted by Gasteiger charge is 2.42. The number of primary amides is 1. The van der Waals surface area contributed by atoms with Crippen molar-refractivity contribution in [2.45, 2.75) is 23.3 Å². The number of sulfonamides is 1. The monoisotopic (exact) mass is 299 g/mol. The van der Waals surface area contributed by atoms with Gasteiger partial charge in [-0.3, -0.25) is 4.79 Å². The van der Waals surface area contributed by atoms with Crippen molar-refractivity contribution in [3.8, 4) is 0 Å². The number of hydrogen-bond acceptors (Lipinski definition) is 5. The van der Waals surface area contributed by atoms with Crippen LogP contribution in [0.1, 0.15) is 12.8 Å². The summed E-state index contributed by atoms with van der Waals surface area (Å²) in [6.45, 7) is -0.0860. The van der Waals surface area contributed by atoms with Crippen LogP contribution < -0.4 is 11.5 Å². The van der Waals surface area contributed by atoms with Gasteiger partial charge in [0.1, 0.15) is 0 Å². The van der Waals surface area contributed by atoms with Gasteiger partial charge in [-0.1, -0.05) is 0 Å². The molecular weight excluding hydrogens is 282 g/mol. The summed E-state index contributed by atoms with van der Waals surface area (Å²) >= 11 is 0. The molecule has 1 amide bonds. The quantitative estimate of drug-likeness (QED) is 0.634. The Kier molecular flexibility index (Phi) is 3.72. The smallest absolute Gasteiger partial charge is 0.250 e. The first-order chi connectivity index (χ1) is 9.25. The van der Waals surface area contributed by atoms with E-state index in [1.54, 1.807) is 0 Å². The Balaban J connectivity index is 2.30. The lowest BCUT2D eigenvalue weighted by molar-refractivity contribution is -0.139. The fourth-order valence-electron chi connectivity index (χ4n) is 2.19. The van der Waals surface area contributed by atoms with Crippen LogP contribution in [0.2, 0.25) is 0 Å². The Bertz CT molecular complexity index is 614. The summed E-state index contributed by atoms with van der Waals surface area (Å²) in [6.07, 6.45) is 0.531. The van der Waals surface area contributed by atoms with E-state index in [9.17, 15) is 18.3 Å². The van der Waals surface area contributed by atoms with Crippen LogP contribution in [0.15, 0.2) is 29.2 Å². The zero-order chi connectivity index (χ0) is 15.0. The lowest BCUT2D eigenvalue weighted by Gasteiger charge is -2.36. The number of benzene rings is 1. The van der Waals surface area contributed by atoms with E-state index in [1.165, 1.54) is 24.3 Å². The Morgan fingerprint density at radius 2 is 1.90 bits per heavy atom. The number of aliphatic hydroxyl groups is 1. The van der Waals surface area contributed by atoms with Crippen molar-refractivity contribution < 1.29 is 18.3 Å². The zero-order valence-corrected chi connectivity index (χ0v) is 11.6. The molecule has 0 bridgehead atoms. The molecule has 1 heterocycles. The van der Waals surface area contributed by atoms with Crippen molar-refractivity contribution in [1.29, 1.82) is 0 Å². The summed E-state index contributed by atoms with van der Waals surface area (Å²) in [5, 5.41) is 10.1. The summed E-state index contributed by atoms with van der Waals surface area (Å²) in [4.78, 5) is 11.3. The Hall–Kier alpha value is -1.64. The first-order valence-electron chi connectivity index (χ1n) is 6.14. The third-order valence-electron chi connectivity index (χ3n) is 3.41. The summed E-state index contributed by atoms with van der Waals surface area (Å²) in [5.41, 5.74) is 9.31. The summed E-state index contributed by atoms with van der Waals surface area (Å²) in [5.74, 6) is -0.908. The van der Waals surface area contributed by atoms with E-state index in [-0.39, 0.29) is 24.4 Å². The number of rotatable bonds is 3. The fourth-order valence-corrected chi connectivity index (χ4v) is 3.72. The van der Waals surface area contributed by atoms with E-state index in [4.69, 9.17) is 11.5 Å². The Labute approximate surface area is 117 Å². The molecule has 0 unspecified atom stereocenters. The maximum Gasteiger partial charge on any atom is 0.250 e. The van der Waals surface area contributed by atoms with Crippen molar-refractivity contribution >= 4 is 21.6 Å². The van der Waals surface area contributed by atoms with Crippen LogP contribution in [0.25, 0.3) is 0 Å². The molecule has 1 atom stereocenters. The van der Waals surface area contributed by atoms with Gasteiger partial charge in [-0.2, -0.15) is 4.31 Å². The Morgan fingerprint density at radius 3 is 2.45 bits per heavy atom. The lowest BCUT2D eigenvalue weighted by atomic mass is 9.94. The van der Waals surface area contributed by atoms with Gasteiger partial charge in [0, 0.05) is 12.2 Å². The van der Waals surface area contributed by atoms with E-state index in [0.29, 0.717) is 12.1 Å². The van der Waals surface area contributed by atoms with Crippen LogP contribution >= 0.6 is 0 Å². The number of anilines is 1. The van der Waals surface area contributed by atoms with Crippen molar-refractivity contribution in [1.82, 2.24) is 4.31 Å².